The monoisotopic (exact) mass is 322 g/mol. The zero-order chi connectivity index (χ0) is 13.1. The van der Waals surface area contributed by atoms with Crippen LogP contribution < -0.4 is 0 Å². The predicted molar refractivity (Wildman–Crippen MR) is 67.1 cm³/mol. The second-order valence-corrected chi connectivity index (χ2v) is 4.77. The molecule has 1 aliphatic carbocycles. The fourth-order valence-electron chi connectivity index (χ4n) is 1.54. The van der Waals surface area contributed by atoms with E-state index in [2.05, 4.69) is 20.7 Å². The van der Waals surface area contributed by atoms with E-state index in [0.717, 1.165) is 0 Å². The third-order valence-corrected chi connectivity index (χ3v) is 4.12. The van der Waals surface area contributed by atoms with E-state index in [9.17, 15) is 9.59 Å². The van der Waals surface area contributed by atoms with Crippen LogP contribution in [0.15, 0.2) is 23.8 Å². The summed E-state index contributed by atoms with van der Waals surface area (Å²) in [7, 11) is 2.55. The van der Waals surface area contributed by atoms with Crippen LogP contribution >= 0.6 is 27.5 Å². The number of esters is 2. The van der Waals surface area contributed by atoms with E-state index in [1.807, 2.05) is 0 Å². The lowest BCUT2D eigenvalue weighted by Crippen LogP contribution is -2.41. The van der Waals surface area contributed by atoms with Gasteiger partial charge in [-0.05, 0) is 0 Å². The van der Waals surface area contributed by atoms with Gasteiger partial charge in [0.15, 0.2) is 0 Å². The molecule has 0 spiro atoms. The third-order valence-electron chi connectivity index (χ3n) is 2.56. The maximum absolute atomic E-state index is 11.8. The Morgan fingerprint density at radius 1 is 1.47 bits per heavy atom. The minimum absolute atomic E-state index is 0.000421. The van der Waals surface area contributed by atoms with Crippen molar-refractivity contribution in [3.63, 3.8) is 0 Å². The minimum Gasteiger partial charge on any atom is -0.468 e. The normalized spacial score (nSPS) is 27.3. The van der Waals surface area contributed by atoms with E-state index in [0.29, 0.717) is 0 Å². The summed E-state index contributed by atoms with van der Waals surface area (Å²) in [5, 5.41) is 0. The van der Waals surface area contributed by atoms with Crippen molar-refractivity contribution < 1.29 is 19.1 Å². The van der Waals surface area contributed by atoms with Gasteiger partial charge >= 0.3 is 11.9 Å². The first-order valence-electron chi connectivity index (χ1n) is 4.79. The lowest BCUT2D eigenvalue weighted by molar-refractivity contribution is -0.148. The first-order chi connectivity index (χ1) is 8.01. The Bertz CT molecular complexity index is 391. The molecule has 2 unspecified atom stereocenters. The predicted octanol–water partition coefficient (Wildman–Crippen LogP) is 1.82. The van der Waals surface area contributed by atoms with Crippen LogP contribution in [0.5, 0.6) is 0 Å². The second-order valence-electron chi connectivity index (χ2n) is 3.52. The van der Waals surface area contributed by atoms with Crippen molar-refractivity contribution in [2.24, 2.45) is 5.41 Å². The van der Waals surface area contributed by atoms with E-state index in [1.54, 1.807) is 12.2 Å². The van der Waals surface area contributed by atoms with Gasteiger partial charge in [0.05, 0.1) is 24.6 Å². The number of hydrogen-bond donors (Lipinski definition) is 0. The summed E-state index contributed by atoms with van der Waals surface area (Å²) in [6.45, 7) is 0. The molecule has 2 atom stereocenters. The maximum atomic E-state index is 11.8. The largest absolute Gasteiger partial charge is 0.468 e. The number of carbonyl (C=O) groups excluding carboxylic acids is 2. The summed E-state index contributed by atoms with van der Waals surface area (Å²) in [5.41, 5.74) is -0.802. The number of allylic oxidation sites excluding steroid dienone is 1. The average molecular weight is 324 g/mol. The summed E-state index contributed by atoms with van der Waals surface area (Å²) in [6.07, 6.45) is 4.74. The van der Waals surface area contributed by atoms with Crippen LogP contribution in [0.3, 0.4) is 0 Å². The highest BCUT2D eigenvalue weighted by Gasteiger charge is 2.45. The first-order valence-corrected chi connectivity index (χ1v) is 6.24. The first kappa shape index (κ1) is 14.3. The number of hydrogen-bond acceptors (Lipinski definition) is 4. The van der Waals surface area contributed by atoms with Crippen LogP contribution in [0, 0.1) is 5.41 Å². The lowest BCUT2D eigenvalue weighted by atomic mass is 9.81. The molecule has 0 heterocycles. The number of rotatable bonds is 3. The lowest BCUT2D eigenvalue weighted by Gasteiger charge is -2.31. The molecule has 0 saturated carbocycles. The van der Waals surface area contributed by atoms with Crippen LogP contribution in [0.4, 0.5) is 0 Å². The quantitative estimate of drug-likeness (QED) is 0.587. The van der Waals surface area contributed by atoms with E-state index < -0.39 is 17.4 Å². The summed E-state index contributed by atoms with van der Waals surface area (Å²) < 4.78 is 9.34. The molecule has 0 saturated heterocycles. The molecule has 0 amide bonds. The molecule has 4 nitrogen and oxygen atoms in total. The molecule has 17 heavy (non-hydrogen) atoms. The molecule has 0 radical (unpaired) electrons. The Hall–Kier alpha value is -0.810. The highest BCUT2D eigenvalue weighted by Crippen LogP contribution is 2.38. The van der Waals surface area contributed by atoms with Crippen LogP contribution in [0.2, 0.25) is 0 Å². The van der Waals surface area contributed by atoms with Crippen molar-refractivity contribution in [3.8, 4) is 0 Å². The Morgan fingerprint density at radius 2 is 2.12 bits per heavy atom. The van der Waals surface area contributed by atoms with Crippen LogP contribution in [0.1, 0.15) is 0 Å². The van der Waals surface area contributed by atoms with Gasteiger partial charge in [0.1, 0.15) is 5.41 Å². The Kier molecular flexibility index (Phi) is 4.77. The smallest absolute Gasteiger partial charge is 0.337 e. The van der Waals surface area contributed by atoms with Gasteiger partial charge in [0.25, 0.3) is 0 Å². The van der Waals surface area contributed by atoms with Crippen molar-refractivity contribution in [2.75, 3.05) is 20.1 Å². The van der Waals surface area contributed by atoms with Gasteiger partial charge in [0, 0.05) is 5.88 Å². The van der Waals surface area contributed by atoms with E-state index in [1.165, 1.54) is 20.3 Å². The molecule has 1 rings (SSSR count). The maximum Gasteiger partial charge on any atom is 0.337 e. The molecular weight excluding hydrogens is 311 g/mol. The summed E-state index contributed by atoms with van der Waals surface area (Å²) in [4.78, 5) is 22.9. The van der Waals surface area contributed by atoms with Gasteiger partial charge < -0.3 is 9.47 Å². The van der Waals surface area contributed by atoms with E-state index in [4.69, 9.17) is 16.3 Å². The van der Waals surface area contributed by atoms with Gasteiger partial charge in [-0.2, -0.15) is 0 Å². The molecule has 0 aromatic carbocycles. The van der Waals surface area contributed by atoms with Crippen molar-refractivity contribution in [1.82, 2.24) is 0 Å². The van der Waals surface area contributed by atoms with Crippen molar-refractivity contribution in [1.29, 1.82) is 0 Å². The van der Waals surface area contributed by atoms with E-state index in [-0.39, 0.29) is 16.3 Å². The van der Waals surface area contributed by atoms with Gasteiger partial charge in [-0.1, -0.05) is 34.2 Å². The Morgan fingerprint density at radius 3 is 2.59 bits per heavy atom. The fraction of sp³-hybridized carbons (Fsp3) is 0.455. The summed E-state index contributed by atoms with van der Waals surface area (Å²) in [6, 6.07) is 0. The van der Waals surface area contributed by atoms with Gasteiger partial charge in [-0.15, -0.1) is 11.6 Å². The molecule has 0 aliphatic heterocycles. The molecule has 0 aromatic rings. The van der Waals surface area contributed by atoms with Crippen LogP contribution in [-0.2, 0) is 19.1 Å². The molecule has 6 heteroatoms. The molecule has 0 aromatic heterocycles. The van der Waals surface area contributed by atoms with E-state index >= 15 is 0 Å². The zero-order valence-corrected chi connectivity index (χ0v) is 11.7. The van der Waals surface area contributed by atoms with Crippen molar-refractivity contribution in [3.05, 3.63) is 23.8 Å². The zero-order valence-electron chi connectivity index (χ0n) is 9.41. The van der Waals surface area contributed by atoms with Gasteiger partial charge in [-0.25, -0.2) is 4.79 Å². The molecular formula is C11H12BrClO4. The van der Waals surface area contributed by atoms with Crippen LogP contribution in [0.25, 0.3) is 0 Å². The van der Waals surface area contributed by atoms with Crippen LogP contribution in [-0.4, -0.2) is 36.9 Å². The van der Waals surface area contributed by atoms with Crippen molar-refractivity contribution in [2.45, 2.75) is 4.83 Å². The van der Waals surface area contributed by atoms with Crippen molar-refractivity contribution >= 4 is 39.5 Å². The summed E-state index contributed by atoms with van der Waals surface area (Å²) in [5.74, 6) is -1.01. The Balaban J connectivity index is 3.19. The number of halogens is 2. The van der Waals surface area contributed by atoms with Gasteiger partial charge in [-0.3, -0.25) is 4.79 Å². The number of methoxy groups -OCH3 is 2. The average Bonchev–Trinajstić information content (AvgIpc) is 2.37. The summed E-state index contributed by atoms with van der Waals surface area (Å²) >= 11 is 9.20. The number of carbonyl (C=O) groups is 2. The molecule has 1 aliphatic rings. The topological polar surface area (TPSA) is 52.6 Å². The Labute approximate surface area is 113 Å². The molecule has 0 fully saturated rings. The molecule has 94 valence electrons. The second kappa shape index (κ2) is 5.69. The SMILES string of the molecule is COC(=O)C1=CC(CCl)(C(=O)OC)C(Br)C=C1. The number of alkyl halides is 2. The molecule has 0 bridgehead atoms. The molecule has 0 N–H and O–H groups in total. The highest BCUT2D eigenvalue weighted by atomic mass is 79.9. The fourth-order valence-corrected chi connectivity index (χ4v) is 2.71. The van der Waals surface area contributed by atoms with Gasteiger partial charge in [0.2, 0.25) is 0 Å². The standard InChI is InChI=1S/C11H12BrClO4/c1-16-9(14)7-3-4-8(12)11(5-7,6-13)10(15)17-2/h3-5,8H,6H2,1-2H3. The third kappa shape index (κ3) is 2.55. The number of ether oxygens (including phenoxy) is 2. The highest BCUT2D eigenvalue weighted by molar-refractivity contribution is 9.09. The minimum atomic E-state index is -1.09.